The molecule has 7 heteroatoms. The molecule has 0 aliphatic carbocycles. The van der Waals surface area contributed by atoms with E-state index < -0.39 is 4.92 Å². The first-order chi connectivity index (χ1) is 10.1. The molecule has 0 spiro atoms. The summed E-state index contributed by atoms with van der Waals surface area (Å²) in [5, 5.41) is 16.2. The van der Waals surface area contributed by atoms with Crippen molar-refractivity contribution in [3.05, 3.63) is 54.7 Å². The van der Waals surface area contributed by atoms with Gasteiger partial charge in [0.15, 0.2) is 5.75 Å². The van der Waals surface area contributed by atoms with Crippen LogP contribution in [-0.4, -0.2) is 11.5 Å². The van der Waals surface area contributed by atoms with Crippen LogP contribution in [0.2, 0.25) is 0 Å². The molecule has 0 aliphatic rings. The normalized spacial score (nSPS) is 10.6. The van der Waals surface area contributed by atoms with Crippen molar-refractivity contribution in [2.45, 2.75) is 20.1 Å². The summed E-state index contributed by atoms with van der Waals surface area (Å²) >= 11 is 4.97. The van der Waals surface area contributed by atoms with Crippen LogP contribution >= 0.6 is 27.3 Å². The fraction of sp³-hybridized carbons (Fsp3) is 0.286. The van der Waals surface area contributed by atoms with Gasteiger partial charge in [0.25, 0.3) is 0 Å². The summed E-state index contributed by atoms with van der Waals surface area (Å²) in [5.74, 6) is 0.302. The van der Waals surface area contributed by atoms with E-state index in [1.165, 1.54) is 6.07 Å². The second-order valence-corrected chi connectivity index (χ2v) is 6.17. The molecule has 0 radical (unpaired) electrons. The molecule has 1 aromatic carbocycles. The Morgan fingerprint density at radius 2 is 2.24 bits per heavy atom. The zero-order valence-corrected chi connectivity index (χ0v) is 13.9. The van der Waals surface area contributed by atoms with Crippen molar-refractivity contribution in [3.8, 4) is 5.75 Å². The van der Waals surface area contributed by atoms with E-state index in [2.05, 4.69) is 21.2 Å². The number of hydrogen-bond acceptors (Lipinski definition) is 5. The van der Waals surface area contributed by atoms with Crippen molar-refractivity contribution < 1.29 is 9.66 Å². The molecule has 1 heterocycles. The van der Waals surface area contributed by atoms with Crippen LogP contribution in [-0.2, 0) is 13.2 Å². The lowest BCUT2D eigenvalue weighted by molar-refractivity contribution is -0.386. The number of nitrogens with one attached hydrogen (secondary N) is 1. The summed E-state index contributed by atoms with van der Waals surface area (Å²) in [6.07, 6.45) is 0. The number of rotatable bonds is 7. The second-order valence-electron chi connectivity index (χ2n) is 4.32. The van der Waals surface area contributed by atoms with Crippen LogP contribution < -0.4 is 10.1 Å². The molecule has 1 N–H and O–H groups in total. The quantitative estimate of drug-likeness (QED) is 0.588. The summed E-state index contributed by atoms with van der Waals surface area (Å²) in [5.41, 5.74) is 0.950. The average Bonchev–Trinajstić information content (AvgIpc) is 2.88. The van der Waals surface area contributed by atoms with Crippen LogP contribution in [0.1, 0.15) is 17.4 Å². The van der Waals surface area contributed by atoms with E-state index in [1.807, 2.05) is 18.4 Å². The third kappa shape index (κ3) is 4.26. The number of nitro benzene ring substituents is 1. The molecule has 0 amide bonds. The predicted molar refractivity (Wildman–Crippen MR) is 86.8 cm³/mol. The highest BCUT2D eigenvalue weighted by Crippen LogP contribution is 2.30. The molecule has 5 nitrogen and oxygen atoms in total. The van der Waals surface area contributed by atoms with Crippen LogP contribution in [0.5, 0.6) is 5.75 Å². The lowest BCUT2D eigenvalue weighted by atomic mass is 10.2. The third-order valence-electron chi connectivity index (χ3n) is 2.85. The molecule has 112 valence electrons. The van der Waals surface area contributed by atoms with Crippen molar-refractivity contribution in [3.63, 3.8) is 0 Å². The summed E-state index contributed by atoms with van der Waals surface area (Å²) in [7, 11) is 0. The molecule has 0 bridgehead atoms. The molecule has 0 saturated heterocycles. The van der Waals surface area contributed by atoms with E-state index in [9.17, 15) is 10.1 Å². The van der Waals surface area contributed by atoms with Crippen molar-refractivity contribution in [1.82, 2.24) is 5.32 Å². The van der Waals surface area contributed by atoms with Gasteiger partial charge in [-0.2, -0.15) is 0 Å². The topological polar surface area (TPSA) is 64.4 Å². The van der Waals surface area contributed by atoms with E-state index in [1.54, 1.807) is 23.5 Å². The molecule has 0 aliphatic heterocycles. The number of ether oxygens (including phenoxy) is 1. The minimum absolute atomic E-state index is 0.0112. The Labute approximate surface area is 135 Å². The zero-order chi connectivity index (χ0) is 15.2. The number of thiophene rings is 1. The standard InChI is InChI=1S/C14H15BrN2O3S/c1-2-16-8-10-3-4-12(17(18)19)13(7-10)20-9-14-11(15)5-6-21-14/h3-7,16H,2,8-9H2,1H3. The molecule has 21 heavy (non-hydrogen) atoms. The van der Waals surface area contributed by atoms with Crippen molar-refractivity contribution in [1.29, 1.82) is 0 Å². The van der Waals surface area contributed by atoms with Gasteiger partial charge in [0, 0.05) is 17.1 Å². The predicted octanol–water partition coefficient (Wildman–Crippen LogP) is 4.11. The third-order valence-corrected chi connectivity index (χ3v) is 4.75. The monoisotopic (exact) mass is 370 g/mol. The van der Waals surface area contributed by atoms with E-state index in [0.717, 1.165) is 21.5 Å². The highest BCUT2D eigenvalue weighted by Gasteiger charge is 2.16. The van der Waals surface area contributed by atoms with Gasteiger partial charge in [-0.3, -0.25) is 10.1 Å². The largest absolute Gasteiger partial charge is 0.481 e. The first-order valence-electron chi connectivity index (χ1n) is 6.44. The van der Waals surface area contributed by atoms with Crippen molar-refractivity contribution in [2.75, 3.05) is 6.54 Å². The van der Waals surface area contributed by atoms with Gasteiger partial charge in [-0.15, -0.1) is 11.3 Å². The maximum atomic E-state index is 11.1. The minimum atomic E-state index is -0.421. The lowest BCUT2D eigenvalue weighted by Crippen LogP contribution is -2.12. The number of benzene rings is 1. The maximum absolute atomic E-state index is 11.1. The Morgan fingerprint density at radius 1 is 1.43 bits per heavy atom. The second kappa shape index (κ2) is 7.53. The molecule has 0 saturated carbocycles. The SMILES string of the molecule is CCNCc1ccc([N+](=O)[O-])c(OCc2sccc2Br)c1. The van der Waals surface area contributed by atoms with E-state index >= 15 is 0 Å². The fourth-order valence-corrected chi connectivity index (χ4v) is 3.15. The summed E-state index contributed by atoms with van der Waals surface area (Å²) in [6.45, 7) is 3.82. The van der Waals surface area contributed by atoms with Crippen LogP contribution in [0.25, 0.3) is 0 Å². The minimum Gasteiger partial charge on any atom is -0.481 e. The first-order valence-corrected chi connectivity index (χ1v) is 8.11. The van der Waals surface area contributed by atoms with E-state index in [4.69, 9.17) is 4.74 Å². The molecular formula is C14H15BrN2O3S. The Morgan fingerprint density at radius 3 is 2.86 bits per heavy atom. The first kappa shape index (κ1) is 15.9. The molecule has 1 aromatic heterocycles. The molecule has 0 atom stereocenters. The average molecular weight is 371 g/mol. The van der Waals surface area contributed by atoms with Gasteiger partial charge in [-0.05, 0) is 45.6 Å². The Hall–Kier alpha value is -1.44. The Bertz CT molecular complexity index is 630. The molecule has 2 rings (SSSR count). The summed E-state index contributed by atoms with van der Waals surface area (Å²) in [6, 6.07) is 6.89. The van der Waals surface area contributed by atoms with Crippen LogP contribution in [0.3, 0.4) is 0 Å². The summed E-state index contributed by atoms with van der Waals surface area (Å²) < 4.78 is 6.61. The van der Waals surface area contributed by atoms with Crippen LogP contribution in [0.15, 0.2) is 34.1 Å². The van der Waals surface area contributed by atoms with Gasteiger partial charge in [-0.1, -0.05) is 13.0 Å². The Kier molecular flexibility index (Phi) is 5.72. The zero-order valence-electron chi connectivity index (χ0n) is 11.5. The number of nitrogens with zero attached hydrogens (tertiary/aromatic N) is 1. The number of nitro groups is 1. The van der Waals surface area contributed by atoms with Crippen LogP contribution in [0, 0.1) is 10.1 Å². The highest BCUT2D eigenvalue weighted by atomic mass is 79.9. The number of hydrogen-bond donors (Lipinski definition) is 1. The molecule has 0 fully saturated rings. The molecule has 0 unspecified atom stereocenters. The lowest BCUT2D eigenvalue weighted by Gasteiger charge is -2.09. The van der Waals surface area contributed by atoms with Gasteiger partial charge >= 0.3 is 5.69 Å². The number of halogens is 1. The summed E-state index contributed by atoms with van der Waals surface area (Å²) in [4.78, 5) is 11.7. The smallest absolute Gasteiger partial charge is 0.310 e. The van der Waals surface area contributed by atoms with Crippen LogP contribution in [0.4, 0.5) is 5.69 Å². The van der Waals surface area contributed by atoms with Crippen molar-refractivity contribution >= 4 is 33.0 Å². The van der Waals surface area contributed by atoms with E-state index in [0.29, 0.717) is 18.9 Å². The Balaban J connectivity index is 2.17. The van der Waals surface area contributed by atoms with E-state index in [-0.39, 0.29) is 5.69 Å². The van der Waals surface area contributed by atoms with Gasteiger partial charge in [0.1, 0.15) is 6.61 Å². The van der Waals surface area contributed by atoms with Gasteiger partial charge in [-0.25, -0.2) is 0 Å². The fourth-order valence-electron chi connectivity index (χ4n) is 1.78. The highest BCUT2D eigenvalue weighted by molar-refractivity contribution is 9.10. The van der Waals surface area contributed by atoms with Gasteiger partial charge in [0.2, 0.25) is 0 Å². The maximum Gasteiger partial charge on any atom is 0.310 e. The van der Waals surface area contributed by atoms with Gasteiger partial charge < -0.3 is 10.1 Å². The van der Waals surface area contributed by atoms with Gasteiger partial charge in [0.05, 0.1) is 9.80 Å². The van der Waals surface area contributed by atoms with Crippen molar-refractivity contribution in [2.24, 2.45) is 0 Å². The molecular weight excluding hydrogens is 356 g/mol. The molecule has 2 aromatic rings.